The topological polar surface area (TPSA) is 64.1 Å². The van der Waals surface area contributed by atoms with E-state index in [1.54, 1.807) is 0 Å². The molecule has 1 heterocycles. The molecule has 2 aliphatic rings. The van der Waals surface area contributed by atoms with Crippen LogP contribution in [0.1, 0.15) is 25.7 Å². The first kappa shape index (κ1) is 11.1. The van der Waals surface area contributed by atoms with Crippen molar-refractivity contribution in [3.8, 4) is 0 Å². The Bertz CT molecular complexity index is 606. The molecule has 0 saturated heterocycles. The maximum Gasteiger partial charge on any atom is 0.295 e. The van der Waals surface area contributed by atoms with Crippen molar-refractivity contribution in [3.05, 3.63) is 18.2 Å². The van der Waals surface area contributed by atoms with E-state index in [-0.39, 0.29) is 0 Å². The number of benzene rings is 1. The first-order valence-electron chi connectivity index (χ1n) is 7.18. The quantitative estimate of drug-likeness (QED) is 0.828. The number of rotatable bonds is 3. The van der Waals surface area contributed by atoms with Crippen LogP contribution in [0.2, 0.25) is 0 Å². The maximum absolute atomic E-state index is 5.89. The largest absolute Gasteiger partial charge is 0.423 e. The number of fused-ring (bicyclic) bond motifs is 3. The van der Waals surface area contributed by atoms with Gasteiger partial charge in [-0.05, 0) is 49.1 Å². The minimum absolute atomic E-state index is 0.607. The Balaban J connectivity index is 1.48. The summed E-state index contributed by atoms with van der Waals surface area (Å²) < 4.78 is 5.69. The third kappa shape index (κ3) is 1.86. The fourth-order valence-electron chi connectivity index (χ4n) is 3.89. The summed E-state index contributed by atoms with van der Waals surface area (Å²) in [5, 5.41) is 3.35. The van der Waals surface area contributed by atoms with Crippen molar-refractivity contribution >= 4 is 22.8 Å². The van der Waals surface area contributed by atoms with E-state index in [1.807, 2.05) is 18.2 Å². The van der Waals surface area contributed by atoms with Crippen LogP contribution in [0.3, 0.4) is 0 Å². The highest BCUT2D eigenvalue weighted by atomic mass is 16.4. The van der Waals surface area contributed by atoms with E-state index in [9.17, 15) is 0 Å². The minimum atomic E-state index is 0.607. The first-order valence-corrected chi connectivity index (χ1v) is 7.18. The van der Waals surface area contributed by atoms with Gasteiger partial charge >= 0.3 is 0 Å². The smallest absolute Gasteiger partial charge is 0.295 e. The van der Waals surface area contributed by atoms with Gasteiger partial charge in [0, 0.05) is 6.54 Å². The van der Waals surface area contributed by atoms with Gasteiger partial charge in [0.25, 0.3) is 6.01 Å². The second-order valence-electron chi connectivity index (χ2n) is 6.03. The number of oxazole rings is 1. The van der Waals surface area contributed by atoms with Gasteiger partial charge < -0.3 is 15.5 Å². The SMILES string of the molecule is Nc1cccc2oc(NCC3CC4CCC3C4)nc12. The molecule has 0 radical (unpaired) electrons. The van der Waals surface area contributed by atoms with Crippen molar-refractivity contribution in [1.82, 2.24) is 4.98 Å². The van der Waals surface area contributed by atoms with Gasteiger partial charge in [-0.25, -0.2) is 0 Å². The van der Waals surface area contributed by atoms with Crippen molar-refractivity contribution < 1.29 is 4.42 Å². The summed E-state index contributed by atoms with van der Waals surface area (Å²) in [5.41, 5.74) is 8.08. The number of aromatic nitrogens is 1. The number of nitrogens with one attached hydrogen (secondary N) is 1. The summed E-state index contributed by atoms with van der Waals surface area (Å²) in [6, 6.07) is 6.25. The van der Waals surface area contributed by atoms with E-state index in [2.05, 4.69) is 10.3 Å². The molecule has 2 aliphatic carbocycles. The number of hydrogen-bond acceptors (Lipinski definition) is 4. The fourth-order valence-corrected chi connectivity index (χ4v) is 3.89. The number of hydrogen-bond donors (Lipinski definition) is 2. The molecule has 0 spiro atoms. The van der Waals surface area contributed by atoms with Crippen LogP contribution in [0.25, 0.3) is 11.1 Å². The molecular weight excluding hydrogens is 238 g/mol. The molecule has 19 heavy (non-hydrogen) atoms. The zero-order valence-electron chi connectivity index (χ0n) is 10.9. The van der Waals surface area contributed by atoms with E-state index < -0.39 is 0 Å². The molecule has 4 heteroatoms. The van der Waals surface area contributed by atoms with E-state index in [0.29, 0.717) is 11.7 Å². The molecule has 2 bridgehead atoms. The highest BCUT2D eigenvalue weighted by Crippen LogP contribution is 2.48. The van der Waals surface area contributed by atoms with Gasteiger partial charge in [0.1, 0.15) is 5.52 Å². The van der Waals surface area contributed by atoms with E-state index in [0.717, 1.165) is 35.4 Å². The second-order valence-corrected chi connectivity index (χ2v) is 6.03. The lowest BCUT2D eigenvalue weighted by Crippen LogP contribution is -2.20. The zero-order chi connectivity index (χ0) is 12.8. The van der Waals surface area contributed by atoms with Gasteiger partial charge in [-0.1, -0.05) is 12.5 Å². The van der Waals surface area contributed by atoms with Gasteiger partial charge in [0.2, 0.25) is 0 Å². The average Bonchev–Trinajstić information content (AvgIpc) is 3.11. The van der Waals surface area contributed by atoms with Crippen molar-refractivity contribution in [2.24, 2.45) is 17.8 Å². The molecule has 3 atom stereocenters. The molecule has 2 fully saturated rings. The van der Waals surface area contributed by atoms with Crippen LogP contribution in [0.5, 0.6) is 0 Å². The normalized spacial score (nSPS) is 29.2. The minimum Gasteiger partial charge on any atom is -0.423 e. The van der Waals surface area contributed by atoms with E-state index in [4.69, 9.17) is 10.2 Å². The van der Waals surface area contributed by atoms with Crippen LogP contribution >= 0.6 is 0 Å². The standard InChI is InChI=1S/C15H19N3O/c16-12-2-1-3-13-14(12)18-15(19-13)17-8-11-7-9-4-5-10(11)6-9/h1-3,9-11H,4-8,16H2,(H,17,18). The molecule has 1 aromatic heterocycles. The second kappa shape index (κ2) is 4.15. The average molecular weight is 257 g/mol. The Morgan fingerprint density at radius 1 is 1.32 bits per heavy atom. The van der Waals surface area contributed by atoms with Crippen LogP contribution in [-0.4, -0.2) is 11.5 Å². The first-order chi connectivity index (χ1) is 9.29. The molecule has 3 unspecified atom stereocenters. The molecule has 4 rings (SSSR count). The summed E-state index contributed by atoms with van der Waals surface area (Å²) in [6.07, 6.45) is 5.67. The molecule has 0 amide bonds. The molecule has 1 aromatic carbocycles. The third-order valence-corrected chi connectivity index (χ3v) is 4.85. The van der Waals surface area contributed by atoms with Gasteiger partial charge in [0.15, 0.2) is 5.58 Å². The van der Waals surface area contributed by atoms with Crippen LogP contribution in [-0.2, 0) is 0 Å². The molecule has 2 saturated carbocycles. The monoisotopic (exact) mass is 257 g/mol. The molecule has 0 aliphatic heterocycles. The Kier molecular flexibility index (Phi) is 2.43. The molecule has 2 aromatic rings. The van der Waals surface area contributed by atoms with E-state index in [1.165, 1.54) is 25.7 Å². The number of nitrogens with two attached hydrogens (primary N) is 1. The highest BCUT2D eigenvalue weighted by Gasteiger charge is 2.39. The summed E-state index contributed by atoms with van der Waals surface area (Å²) in [7, 11) is 0. The van der Waals surface area contributed by atoms with Crippen molar-refractivity contribution in [3.63, 3.8) is 0 Å². The lowest BCUT2D eigenvalue weighted by Gasteiger charge is -2.21. The van der Waals surface area contributed by atoms with Crippen LogP contribution in [0.15, 0.2) is 22.6 Å². The zero-order valence-corrected chi connectivity index (χ0v) is 10.9. The summed E-state index contributed by atoms with van der Waals surface area (Å²) in [6.45, 7) is 0.980. The predicted octanol–water partition coefficient (Wildman–Crippen LogP) is 3.26. The summed E-state index contributed by atoms with van der Waals surface area (Å²) in [5.74, 6) is 2.70. The summed E-state index contributed by atoms with van der Waals surface area (Å²) in [4.78, 5) is 4.43. The summed E-state index contributed by atoms with van der Waals surface area (Å²) >= 11 is 0. The third-order valence-electron chi connectivity index (χ3n) is 4.85. The number of nitrogens with zero attached hydrogens (tertiary/aromatic N) is 1. The van der Waals surface area contributed by atoms with Gasteiger partial charge in [-0.2, -0.15) is 4.98 Å². The van der Waals surface area contributed by atoms with Crippen molar-refractivity contribution in [2.45, 2.75) is 25.7 Å². The van der Waals surface area contributed by atoms with Crippen molar-refractivity contribution in [2.75, 3.05) is 17.6 Å². The Labute approximate surface area is 112 Å². The lowest BCUT2D eigenvalue weighted by atomic mass is 9.89. The number of nitrogen functional groups attached to an aromatic ring is 1. The van der Waals surface area contributed by atoms with Crippen LogP contribution in [0, 0.1) is 17.8 Å². The van der Waals surface area contributed by atoms with Gasteiger partial charge in [0.05, 0.1) is 5.69 Å². The van der Waals surface area contributed by atoms with Crippen LogP contribution in [0.4, 0.5) is 11.7 Å². The fraction of sp³-hybridized carbons (Fsp3) is 0.533. The molecule has 100 valence electrons. The predicted molar refractivity (Wildman–Crippen MR) is 75.8 cm³/mol. The lowest BCUT2D eigenvalue weighted by molar-refractivity contribution is 0.346. The molecule has 3 N–H and O–H groups in total. The number of anilines is 2. The van der Waals surface area contributed by atoms with Crippen molar-refractivity contribution in [1.29, 1.82) is 0 Å². The highest BCUT2D eigenvalue weighted by molar-refractivity contribution is 5.86. The maximum atomic E-state index is 5.89. The van der Waals surface area contributed by atoms with Gasteiger partial charge in [-0.3, -0.25) is 0 Å². The molecular formula is C15H19N3O. The Morgan fingerprint density at radius 3 is 3.00 bits per heavy atom. The Hall–Kier alpha value is -1.71. The Morgan fingerprint density at radius 2 is 2.26 bits per heavy atom. The van der Waals surface area contributed by atoms with Crippen LogP contribution < -0.4 is 11.1 Å². The number of para-hydroxylation sites is 1. The van der Waals surface area contributed by atoms with Gasteiger partial charge in [-0.15, -0.1) is 0 Å². The van der Waals surface area contributed by atoms with E-state index >= 15 is 0 Å². The molecule has 4 nitrogen and oxygen atoms in total.